The molecule has 336 valence electrons. The predicted molar refractivity (Wildman–Crippen MR) is 224 cm³/mol. The molecular formula is C42H57ClN4O13S. The fourth-order valence-corrected chi connectivity index (χ4v) is 9.67. The highest BCUT2D eigenvalue weighted by Crippen LogP contribution is 2.49. The number of hydrogen-bond acceptors (Lipinski definition) is 13. The zero-order valence-corrected chi connectivity index (χ0v) is 37.4. The standard InChI is InChI=1S/C42H57ClN4O13S/c1-25-14-13-15-32(57-8)42(53)24-31(58-40(52)44-42)26(2)38-41(4,60-38)33(23-36(50)45(5)29-21-28(20-25)22-30(56-7)37(29)43)59-39(51)27(3)46(6)61(54,55)19-12-10-9-11-18-47-34(48)16-17-35(47)49/h13-17,21-22,26-27,31-33,38,53H,9-12,18-20,23-24H2,1-8H3,(H,44,52)/b15-13+,25-14+/t26?,27-,31-,32?,33?,38-,41+,42?/m0/s1. The summed E-state index contributed by atoms with van der Waals surface area (Å²) in [7, 11) is 1.71. The monoisotopic (exact) mass is 892 g/mol. The molecule has 4 heterocycles. The van der Waals surface area contributed by atoms with Gasteiger partial charge in [0.2, 0.25) is 15.9 Å². The van der Waals surface area contributed by atoms with E-state index in [9.17, 15) is 37.5 Å². The lowest BCUT2D eigenvalue weighted by atomic mass is 9.83. The number of fused-ring (bicyclic) bond motifs is 5. The van der Waals surface area contributed by atoms with Gasteiger partial charge in [-0.2, -0.15) is 4.31 Å². The fraction of sp³-hybridized carbons (Fsp3) is 0.595. The Labute approximate surface area is 362 Å². The van der Waals surface area contributed by atoms with Crippen LogP contribution in [-0.4, -0.2) is 135 Å². The number of halogens is 1. The Morgan fingerprint density at radius 2 is 1.79 bits per heavy atom. The van der Waals surface area contributed by atoms with Crippen molar-refractivity contribution in [2.75, 3.05) is 45.5 Å². The highest BCUT2D eigenvalue weighted by molar-refractivity contribution is 7.89. The molecule has 8 atom stereocenters. The summed E-state index contributed by atoms with van der Waals surface area (Å²) in [4.78, 5) is 67.1. The van der Waals surface area contributed by atoms with E-state index in [1.807, 2.05) is 13.0 Å². The number of amides is 4. The molecule has 4 aliphatic rings. The van der Waals surface area contributed by atoms with E-state index in [2.05, 4.69) is 5.32 Å². The number of hydrogen-bond donors (Lipinski definition) is 2. The number of allylic oxidation sites excluding steroid dienone is 3. The van der Waals surface area contributed by atoms with Crippen LogP contribution in [0.5, 0.6) is 5.75 Å². The molecule has 0 aromatic heterocycles. The summed E-state index contributed by atoms with van der Waals surface area (Å²) in [6.07, 6.45) is 4.57. The second-order valence-electron chi connectivity index (χ2n) is 16.3. The minimum absolute atomic E-state index is 0.105. The van der Waals surface area contributed by atoms with Crippen LogP contribution in [0.3, 0.4) is 0 Å². The molecule has 5 rings (SSSR count). The number of carbonyl (C=O) groups is 5. The number of anilines is 1. The Morgan fingerprint density at radius 1 is 1.11 bits per heavy atom. The second-order valence-corrected chi connectivity index (χ2v) is 18.8. The van der Waals surface area contributed by atoms with Crippen molar-refractivity contribution in [3.05, 3.63) is 58.7 Å². The van der Waals surface area contributed by atoms with Crippen molar-refractivity contribution >= 4 is 57.1 Å². The predicted octanol–water partition coefficient (Wildman–Crippen LogP) is 3.80. The van der Waals surface area contributed by atoms with Gasteiger partial charge in [0.15, 0.2) is 5.72 Å². The van der Waals surface area contributed by atoms with Crippen LogP contribution in [0.15, 0.2) is 48.1 Å². The molecule has 4 bridgehead atoms. The van der Waals surface area contributed by atoms with Crippen LogP contribution in [0.2, 0.25) is 5.02 Å². The van der Waals surface area contributed by atoms with Crippen LogP contribution in [0.4, 0.5) is 10.5 Å². The summed E-state index contributed by atoms with van der Waals surface area (Å²) in [5, 5.41) is 14.4. The fourth-order valence-electron chi connectivity index (χ4n) is 7.94. The quantitative estimate of drug-likeness (QED) is 0.125. The largest absolute Gasteiger partial charge is 0.495 e. The van der Waals surface area contributed by atoms with Crippen LogP contribution >= 0.6 is 11.6 Å². The van der Waals surface area contributed by atoms with Crippen LogP contribution < -0.4 is 15.0 Å². The molecule has 4 unspecified atom stereocenters. The molecule has 4 aliphatic heterocycles. The molecule has 0 aliphatic carbocycles. The van der Waals surface area contributed by atoms with Gasteiger partial charge in [0, 0.05) is 52.2 Å². The maximum Gasteiger partial charge on any atom is 0.409 e. The first-order valence-corrected chi connectivity index (χ1v) is 22.2. The number of ether oxygens (including phenoxy) is 5. The number of alkyl carbamates (subject to hydrolysis) is 1. The number of sulfonamides is 1. The average Bonchev–Trinajstić information content (AvgIpc) is 3.80. The van der Waals surface area contributed by atoms with Crippen molar-refractivity contribution in [3.63, 3.8) is 0 Å². The molecule has 17 nitrogen and oxygen atoms in total. The third kappa shape index (κ3) is 10.8. The average molecular weight is 893 g/mol. The molecule has 4 amide bonds. The molecule has 0 radical (unpaired) electrons. The topological polar surface area (TPSA) is 211 Å². The van der Waals surface area contributed by atoms with Gasteiger partial charge in [-0.25, -0.2) is 13.2 Å². The van der Waals surface area contributed by atoms with E-state index in [0.29, 0.717) is 37.1 Å². The number of rotatable bonds is 13. The number of carbonyl (C=O) groups excluding carboxylic acids is 5. The number of likely N-dealkylation sites (N-methyl/N-ethyl adjacent to an activating group) is 1. The van der Waals surface area contributed by atoms with Gasteiger partial charge in [-0.05, 0) is 57.7 Å². The van der Waals surface area contributed by atoms with Crippen molar-refractivity contribution in [1.29, 1.82) is 0 Å². The molecule has 0 spiro atoms. The van der Waals surface area contributed by atoms with Crippen LogP contribution in [-0.2, 0) is 54.6 Å². The number of unbranched alkanes of at least 4 members (excludes halogenated alkanes) is 3. The van der Waals surface area contributed by atoms with Gasteiger partial charge in [0.05, 0.1) is 31.1 Å². The van der Waals surface area contributed by atoms with E-state index in [0.717, 1.165) is 20.3 Å². The van der Waals surface area contributed by atoms with Gasteiger partial charge in [0.1, 0.15) is 40.7 Å². The van der Waals surface area contributed by atoms with E-state index >= 15 is 0 Å². The number of methoxy groups -OCH3 is 2. The molecular weight excluding hydrogens is 836 g/mol. The summed E-state index contributed by atoms with van der Waals surface area (Å²) in [5.74, 6) is -2.73. The van der Waals surface area contributed by atoms with Crippen LogP contribution in [0.1, 0.15) is 71.8 Å². The van der Waals surface area contributed by atoms with E-state index in [1.54, 1.807) is 38.1 Å². The SMILES string of the molecule is COc1cc2cc(c1Cl)N(C)C(=O)CC(OC(=O)[C@H](C)N(C)S(=O)(=O)CCCCCCN1C(=O)C=CC1=O)[C@@]1(C)O[C@H]1C(C)[C@@H]1CC(O)(NC(=O)O1)C(OC)/C=C/C=C(\C)C2. The maximum atomic E-state index is 14.2. The molecule has 0 saturated carbocycles. The first-order chi connectivity index (χ1) is 28.6. The maximum absolute atomic E-state index is 14.2. The van der Waals surface area contributed by atoms with Crippen molar-refractivity contribution in [1.82, 2.24) is 14.5 Å². The zero-order valence-electron chi connectivity index (χ0n) is 35.8. The van der Waals surface area contributed by atoms with Crippen LogP contribution in [0, 0.1) is 5.92 Å². The van der Waals surface area contributed by atoms with Crippen molar-refractivity contribution in [2.45, 2.75) is 114 Å². The summed E-state index contributed by atoms with van der Waals surface area (Å²) < 4.78 is 56.9. The first kappa shape index (κ1) is 47.7. The van der Waals surface area contributed by atoms with Gasteiger partial charge >= 0.3 is 12.1 Å². The zero-order chi connectivity index (χ0) is 45.0. The highest BCUT2D eigenvalue weighted by Gasteiger charge is 2.64. The van der Waals surface area contributed by atoms with Crippen molar-refractivity contribution in [2.24, 2.45) is 5.92 Å². The van der Waals surface area contributed by atoms with Crippen molar-refractivity contribution < 1.29 is 61.2 Å². The van der Waals surface area contributed by atoms with Gasteiger partial charge < -0.3 is 33.7 Å². The molecule has 2 saturated heterocycles. The number of esters is 1. The first-order valence-electron chi connectivity index (χ1n) is 20.2. The summed E-state index contributed by atoms with van der Waals surface area (Å²) in [5.41, 5.74) is -1.22. The molecule has 1 aromatic carbocycles. The van der Waals surface area contributed by atoms with Gasteiger partial charge in [0.25, 0.3) is 11.8 Å². The minimum atomic E-state index is -3.97. The molecule has 2 fully saturated rings. The Hall–Kier alpha value is -4.33. The lowest BCUT2D eigenvalue weighted by molar-refractivity contribution is -0.157. The van der Waals surface area contributed by atoms with Gasteiger partial charge in [-0.3, -0.25) is 29.4 Å². The van der Waals surface area contributed by atoms with Gasteiger partial charge in [-0.15, -0.1) is 0 Å². The number of aliphatic hydroxyl groups is 1. The third-order valence-corrected chi connectivity index (χ3v) is 14.3. The van der Waals surface area contributed by atoms with Gasteiger partial charge in [-0.1, -0.05) is 55.2 Å². The molecule has 2 N–H and O–H groups in total. The Kier molecular flexibility index (Phi) is 15.2. The smallest absolute Gasteiger partial charge is 0.409 e. The number of epoxide rings is 1. The second kappa shape index (κ2) is 19.4. The summed E-state index contributed by atoms with van der Waals surface area (Å²) >= 11 is 6.77. The number of benzene rings is 1. The van der Waals surface area contributed by atoms with E-state index < -0.39 is 82.1 Å². The Balaban J connectivity index is 1.38. The van der Waals surface area contributed by atoms with Crippen LogP contribution in [0.25, 0.3) is 0 Å². The highest BCUT2D eigenvalue weighted by atomic mass is 35.5. The minimum Gasteiger partial charge on any atom is -0.495 e. The normalized spacial score (nSPS) is 30.3. The summed E-state index contributed by atoms with van der Waals surface area (Å²) in [6, 6.07) is 2.21. The lowest BCUT2D eigenvalue weighted by Gasteiger charge is -2.42. The van der Waals surface area contributed by atoms with E-state index in [4.69, 9.17) is 35.3 Å². The third-order valence-electron chi connectivity index (χ3n) is 12.0. The number of imide groups is 1. The van der Waals surface area contributed by atoms with E-state index in [1.165, 1.54) is 52.3 Å². The lowest BCUT2D eigenvalue weighted by Crippen LogP contribution is -2.63. The Morgan fingerprint density at radius 3 is 2.44 bits per heavy atom. The number of nitrogens with one attached hydrogen (secondary N) is 1. The summed E-state index contributed by atoms with van der Waals surface area (Å²) in [6.45, 7) is 6.93. The van der Waals surface area contributed by atoms with E-state index in [-0.39, 0.29) is 42.0 Å². The van der Waals surface area contributed by atoms with Crippen molar-refractivity contribution in [3.8, 4) is 5.75 Å². The Bertz CT molecular complexity index is 2060. The molecule has 1 aromatic rings. The number of nitrogens with zero attached hydrogens (tertiary/aromatic N) is 3. The molecule has 61 heavy (non-hydrogen) atoms. The molecule has 19 heteroatoms.